The maximum absolute atomic E-state index is 10.7. The summed E-state index contributed by atoms with van der Waals surface area (Å²) in [5, 5.41) is 0. The average molecular weight is 435 g/mol. The summed E-state index contributed by atoms with van der Waals surface area (Å²) in [4.78, 5) is 22.7. The number of nitrogens with two attached hydrogens (primary N) is 1. The number of primary amides is 1. The van der Waals surface area contributed by atoms with Gasteiger partial charge in [0.2, 0.25) is 5.91 Å². The number of ether oxygens (including phenoxy) is 2. The van der Waals surface area contributed by atoms with Crippen molar-refractivity contribution in [1.82, 2.24) is 9.97 Å². The molecule has 0 saturated carbocycles. The van der Waals surface area contributed by atoms with Crippen molar-refractivity contribution in [2.45, 2.75) is 19.9 Å². The quantitative estimate of drug-likeness (QED) is 0.439. The molecule has 0 fully saturated rings. The molecule has 2 N–H and O–H groups in total. The minimum absolute atomic E-state index is 0.0902. The van der Waals surface area contributed by atoms with Crippen LogP contribution in [0.4, 0.5) is 5.82 Å². The molecule has 1 heterocycles. The van der Waals surface area contributed by atoms with Crippen LogP contribution in [0.25, 0.3) is 22.5 Å². The van der Waals surface area contributed by atoms with Gasteiger partial charge in [-0.05, 0) is 13.8 Å². The molecule has 0 radical (unpaired) electrons. The normalized spacial score (nSPS) is 11.0. The lowest BCUT2D eigenvalue weighted by atomic mass is 10.0. The molecule has 0 bridgehead atoms. The molecule has 7 nitrogen and oxygen atoms in total. The fraction of sp³-hybridized carbons (Fsp3) is 0.320. The van der Waals surface area contributed by atoms with E-state index >= 15 is 0 Å². The number of nitrogens with zero attached hydrogens (tertiary/aromatic N) is 3. The molecule has 168 valence electrons. The van der Waals surface area contributed by atoms with Crippen molar-refractivity contribution in [1.29, 1.82) is 0 Å². The molecule has 0 unspecified atom stereocenters. The summed E-state index contributed by atoms with van der Waals surface area (Å²) in [6, 6.07) is 20.4. The Morgan fingerprint density at radius 1 is 0.906 bits per heavy atom. The van der Waals surface area contributed by atoms with E-state index in [1.165, 1.54) is 0 Å². The largest absolute Gasteiger partial charge is 0.377 e. The Balaban J connectivity index is 1.77. The van der Waals surface area contributed by atoms with Gasteiger partial charge in [0, 0.05) is 23.7 Å². The molecule has 0 aliphatic rings. The Bertz CT molecular complexity index is 981. The second-order valence-electron chi connectivity index (χ2n) is 7.58. The molecule has 1 amide bonds. The Hall–Kier alpha value is -3.29. The lowest BCUT2D eigenvalue weighted by Crippen LogP contribution is -2.35. The molecule has 2 aromatic carbocycles. The molecule has 0 saturated heterocycles. The highest BCUT2D eigenvalue weighted by Crippen LogP contribution is 2.30. The topological polar surface area (TPSA) is 90.6 Å². The molecule has 0 spiro atoms. The molecule has 3 aromatic rings. The number of rotatable bonds is 12. The molecule has 7 heteroatoms. The number of benzene rings is 2. The summed E-state index contributed by atoms with van der Waals surface area (Å²) in [6.45, 7) is 6.02. The summed E-state index contributed by atoms with van der Waals surface area (Å²) >= 11 is 0. The van der Waals surface area contributed by atoms with Gasteiger partial charge in [0.25, 0.3) is 0 Å². The number of hydrogen-bond acceptors (Lipinski definition) is 6. The molecular formula is C25H30N4O3. The highest BCUT2D eigenvalue weighted by atomic mass is 16.5. The molecule has 0 aliphatic carbocycles. The van der Waals surface area contributed by atoms with Crippen LogP contribution < -0.4 is 10.6 Å². The average Bonchev–Trinajstić information content (AvgIpc) is 2.81. The van der Waals surface area contributed by atoms with Gasteiger partial charge in [-0.2, -0.15) is 0 Å². The second kappa shape index (κ2) is 11.9. The van der Waals surface area contributed by atoms with E-state index in [1.54, 1.807) is 0 Å². The van der Waals surface area contributed by atoms with Crippen LogP contribution in [0.1, 0.15) is 13.8 Å². The van der Waals surface area contributed by atoms with Gasteiger partial charge in [0.15, 0.2) is 0 Å². The standard InChI is InChI=1S/C25H30N4O3/c1-19(2)29(13-14-31-15-16-32-18-22(26)30)23-17-27-24(20-9-5-3-6-10-20)25(28-23)21-11-7-4-8-12-21/h3-12,17,19H,13-16,18H2,1-2H3,(H2,26,30). The van der Waals surface area contributed by atoms with Gasteiger partial charge < -0.3 is 20.1 Å². The summed E-state index contributed by atoms with van der Waals surface area (Å²) in [5.74, 6) is 0.315. The zero-order valence-corrected chi connectivity index (χ0v) is 18.6. The third kappa shape index (κ3) is 6.60. The third-order valence-electron chi connectivity index (χ3n) is 4.86. The highest BCUT2D eigenvalue weighted by Gasteiger charge is 2.17. The van der Waals surface area contributed by atoms with Crippen molar-refractivity contribution < 1.29 is 14.3 Å². The van der Waals surface area contributed by atoms with E-state index in [-0.39, 0.29) is 12.6 Å². The fourth-order valence-electron chi connectivity index (χ4n) is 3.32. The van der Waals surface area contributed by atoms with Crippen LogP contribution in [-0.4, -0.2) is 54.9 Å². The summed E-state index contributed by atoms with van der Waals surface area (Å²) in [6.07, 6.45) is 1.82. The van der Waals surface area contributed by atoms with E-state index in [9.17, 15) is 4.79 Å². The van der Waals surface area contributed by atoms with Crippen molar-refractivity contribution >= 4 is 11.7 Å². The van der Waals surface area contributed by atoms with Gasteiger partial charge >= 0.3 is 0 Å². The van der Waals surface area contributed by atoms with Crippen molar-refractivity contribution in [3.63, 3.8) is 0 Å². The van der Waals surface area contributed by atoms with Crippen LogP contribution >= 0.6 is 0 Å². The fourth-order valence-corrected chi connectivity index (χ4v) is 3.32. The number of hydrogen-bond donors (Lipinski definition) is 1. The first kappa shape index (κ1) is 23.4. The first-order valence-electron chi connectivity index (χ1n) is 10.7. The number of carbonyl (C=O) groups excluding carboxylic acids is 1. The highest BCUT2D eigenvalue weighted by molar-refractivity contribution is 5.78. The van der Waals surface area contributed by atoms with E-state index in [0.717, 1.165) is 28.3 Å². The number of aromatic nitrogens is 2. The van der Waals surface area contributed by atoms with Crippen LogP contribution in [-0.2, 0) is 14.3 Å². The molecule has 1 aromatic heterocycles. The van der Waals surface area contributed by atoms with Crippen LogP contribution in [0.3, 0.4) is 0 Å². The van der Waals surface area contributed by atoms with Crippen molar-refractivity contribution in [3.8, 4) is 22.5 Å². The maximum Gasteiger partial charge on any atom is 0.243 e. The van der Waals surface area contributed by atoms with Crippen molar-refractivity contribution in [2.24, 2.45) is 5.73 Å². The minimum Gasteiger partial charge on any atom is -0.377 e. The Morgan fingerprint density at radius 3 is 2.09 bits per heavy atom. The van der Waals surface area contributed by atoms with Gasteiger partial charge in [-0.25, -0.2) is 4.98 Å². The first-order chi connectivity index (χ1) is 15.6. The number of carbonyl (C=O) groups is 1. The number of anilines is 1. The van der Waals surface area contributed by atoms with Crippen LogP contribution in [0.2, 0.25) is 0 Å². The zero-order chi connectivity index (χ0) is 22.8. The zero-order valence-electron chi connectivity index (χ0n) is 18.6. The maximum atomic E-state index is 10.7. The first-order valence-corrected chi connectivity index (χ1v) is 10.7. The van der Waals surface area contributed by atoms with Gasteiger partial charge in [-0.1, -0.05) is 60.7 Å². The summed E-state index contributed by atoms with van der Waals surface area (Å²) < 4.78 is 10.8. The summed E-state index contributed by atoms with van der Waals surface area (Å²) in [7, 11) is 0. The monoisotopic (exact) mass is 434 g/mol. The predicted molar refractivity (Wildman–Crippen MR) is 126 cm³/mol. The van der Waals surface area contributed by atoms with E-state index in [4.69, 9.17) is 25.2 Å². The lowest BCUT2D eigenvalue weighted by Gasteiger charge is -2.28. The molecular weight excluding hydrogens is 404 g/mol. The summed E-state index contributed by atoms with van der Waals surface area (Å²) in [5.41, 5.74) is 8.80. The van der Waals surface area contributed by atoms with Gasteiger partial charge in [-0.3, -0.25) is 9.78 Å². The lowest BCUT2D eigenvalue weighted by molar-refractivity contribution is -0.123. The Kier molecular flexibility index (Phi) is 8.71. The molecule has 32 heavy (non-hydrogen) atoms. The van der Waals surface area contributed by atoms with E-state index in [1.807, 2.05) is 54.7 Å². The van der Waals surface area contributed by atoms with E-state index in [2.05, 4.69) is 30.9 Å². The van der Waals surface area contributed by atoms with Crippen molar-refractivity contribution in [2.75, 3.05) is 37.9 Å². The predicted octanol–water partition coefficient (Wildman–Crippen LogP) is 3.54. The Labute approximate surface area is 189 Å². The van der Waals surface area contributed by atoms with E-state index < -0.39 is 5.91 Å². The van der Waals surface area contributed by atoms with Crippen LogP contribution in [0, 0.1) is 0 Å². The van der Waals surface area contributed by atoms with Gasteiger partial charge in [-0.15, -0.1) is 0 Å². The molecule has 3 rings (SSSR count). The van der Waals surface area contributed by atoms with E-state index in [0.29, 0.717) is 26.4 Å². The van der Waals surface area contributed by atoms with Gasteiger partial charge in [0.1, 0.15) is 12.4 Å². The minimum atomic E-state index is -0.484. The van der Waals surface area contributed by atoms with Gasteiger partial charge in [0.05, 0.1) is 37.4 Å². The molecule has 0 aliphatic heterocycles. The molecule has 0 atom stereocenters. The number of amides is 1. The van der Waals surface area contributed by atoms with Crippen LogP contribution in [0.5, 0.6) is 0 Å². The van der Waals surface area contributed by atoms with Crippen LogP contribution in [0.15, 0.2) is 66.9 Å². The second-order valence-corrected chi connectivity index (χ2v) is 7.58. The smallest absolute Gasteiger partial charge is 0.243 e. The SMILES string of the molecule is CC(C)N(CCOCCOCC(N)=O)c1cnc(-c2ccccc2)c(-c2ccccc2)n1. The third-order valence-corrected chi connectivity index (χ3v) is 4.86. The van der Waals surface area contributed by atoms with Crippen molar-refractivity contribution in [3.05, 3.63) is 66.9 Å². The Morgan fingerprint density at radius 2 is 1.50 bits per heavy atom.